The molecular weight excluding hydrogens is 280 g/mol. The van der Waals surface area contributed by atoms with Gasteiger partial charge in [0.2, 0.25) is 0 Å². The number of carbonyl (C=O) groups is 2. The van der Waals surface area contributed by atoms with E-state index in [9.17, 15) is 9.59 Å². The second-order valence-electron chi connectivity index (χ2n) is 5.19. The Labute approximate surface area is 120 Å². The highest BCUT2D eigenvalue weighted by Gasteiger charge is 2.37. The van der Waals surface area contributed by atoms with Crippen molar-refractivity contribution >= 4 is 23.2 Å². The molecule has 2 N–H and O–H groups in total. The number of hydrogen-bond acceptors (Lipinski definition) is 5. The summed E-state index contributed by atoms with van der Waals surface area (Å²) in [4.78, 5) is 27.9. The van der Waals surface area contributed by atoms with Gasteiger partial charge in [-0.15, -0.1) is 11.3 Å². The molecule has 2 fully saturated rings. The molecule has 2 aliphatic rings. The third kappa shape index (κ3) is 2.83. The lowest BCUT2D eigenvalue weighted by atomic mass is 10.2. The lowest BCUT2D eigenvalue weighted by Gasteiger charge is -2.12. The topological polar surface area (TPSA) is 88.5 Å². The Balaban J connectivity index is 1.65. The minimum absolute atomic E-state index is 0.0137. The molecule has 0 bridgehead atoms. The number of nitrogens with zero attached hydrogens (tertiary/aromatic N) is 1. The van der Waals surface area contributed by atoms with Gasteiger partial charge in [0, 0.05) is 6.61 Å². The van der Waals surface area contributed by atoms with E-state index in [4.69, 9.17) is 9.84 Å². The third-order valence-electron chi connectivity index (χ3n) is 3.60. The Morgan fingerprint density at radius 2 is 2.25 bits per heavy atom. The number of ether oxygens (including phenoxy) is 1. The molecule has 108 valence electrons. The molecule has 1 aromatic heterocycles. The molecule has 1 aliphatic heterocycles. The van der Waals surface area contributed by atoms with E-state index in [0.29, 0.717) is 4.88 Å². The second kappa shape index (κ2) is 5.49. The quantitative estimate of drug-likeness (QED) is 0.861. The van der Waals surface area contributed by atoms with Gasteiger partial charge in [0.25, 0.3) is 5.91 Å². The van der Waals surface area contributed by atoms with Crippen molar-refractivity contribution in [2.75, 3.05) is 6.61 Å². The van der Waals surface area contributed by atoms with Gasteiger partial charge in [0.15, 0.2) is 0 Å². The molecule has 1 saturated heterocycles. The summed E-state index contributed by atoms with van der Waals surface area (Å²) in [6.07, 6.45) is 5.15. The number of hydrogen-bond donors (Lipinski definition) is 2. The number of carbonyl (C=O) groups excluding carboxylic acids is 1. The number of aromatic nitrogens is 1. The first-order chi connectivity index (χ1) is 9.65. The van der Waals surface area contributed by atoms with Crippen molar-refractivity contribution in [1.29, 1.82) is 0 Å². The van der Waals surface area contributed by atoms with Gasteiger partial charge in [0.1, 0.15) is 22.0 Å². The van der Waals surface area contributed by atoms with Crippen LogP contribution in [0.1, 0.15) is 46.5 Å². The molecule has 6 nitrogen and oxygen atoms in total. The molecule has 7 heteroatoms. The van der Waals surface area contributed by atoms with Crippen LogP contribution in [-0.4, -0.2) is 34.6 Å². The van der Waals surface area contributed by atoms with Gasteiger partial charge in [-0.05, 0) is 31.6 Å². The largest absolute Gasteiger partial charge is 0.480 e. The van der Waals surface area contributed by atoms with Crippen LogP contribution < -0.4 is 5.32 Å². The summed E-state index contributed by atoms with van der Waals surface area (Å²) in [5.41, 5.74) is 0. The zero-order valence-corrected chi connectivity index (χ0v) is 11.7. The SMILES string of the molecule is O=C(NC(C(=O)O)C1CC1)c1cnc(C2CCCO2)s1. The van der Waals surface area contributed by atoms with E-state index in [1.165, 1.54) is 17.5 Å². The Morgan fingerprint density at radius 1 is 1.45 bits per heavy atom. The van der Waals surface area contributed by atoms with Crippen LogP contribution in [0.25, 0.3) is 0 Å². The predicted octanol–water partition coefficient (Wildman–Crippen LogP) is 1.59. The summed E-state index contributed by atoms with van der Waals surface area (Å²) >= 11 is 1.28. The fourth-order valence-electron chi connectivity index (χ4n) is 2.34. The molecule has 1 aliphatic carbocycles. The van der Waals surface area contributed by atoms with Gasteiger partial charge in [0.05, 0.1) is 6.20 Å². The van der Waals surface area contributed by atoms with E-state index in [2.05, 4.69) is 10.3 Å². The second-order valence-corrected chi connectivity index (χ2v) is 6.25. The number of carboxylic acids is 1. The molecule has 1 amide bonds. The van der Waals surface area contributed by atoms with Crippen molar-refractivity contribution in [3.8, 4) is 0 Å². The Hall–Kier alpha value is -1.47. The fourth-order valence-corrected chi connectivity index (χ4v) is 3.24. The zero-order valence-electron chi connectivity index (χ0n) is 10.9. The standard InChI is InChI=1S/C13H16N2O4S/c16-11(15-10(13(17)18)7-3-4-7)9-6-14-12(20-9)8-2-1-5-19-8/h6-8,10H,1-5H2,(H,15,16)(H,17,18). The van der Waals surface area contributed by atoms with E-state index in [-0.39, 0.29) is 17.9 Å². The predicted molar refractivity (Wildman–Crippen MR) is 71.7 cm³/mol. The van der Waals surface area contributed by atoms with E-state index in [1.54, 1.807) is 0 Å². The maximum atomic E-state index is 12.1. The summed E-state index contributed by atoms with van der Waals surface area (Å²) < 4.78 is 5.52. The molecule has 1 saturated carbocycles. The first-order valence-electron chi connectivity index (χ1n) is 6.76. The minimum Gasteiger partial charge on any atom is -0.480 e. The first kappa shape index (κ1) is 13.5. The summed E-state index contributed by atoms with van der Waals surface area (Å²) in [6.45, 7) is 0.731. The van der Waals surface area contributed by atoms with Crippen molar-refractivity contribution in [3.05, 3.63) is 16.1 Å². The fraction of sp³-hybridized carbons (Fsp3) is 0.615. The van der Waals surface area contributed by atoms with Crippen LogP contribution in [0.2, 0.25) is 0 Å². The number of nitrogens with one attached hydrogen (secondary N) is 1. The maximum absolute atomic E-state index is 12.1. The average Bonchev–Trinajstić information content (AvgIpc) is 2.94. The number of rotatable bonds is 5. The maximum Gasteiger partial charge on any atom is 0.326 e. The normalized spacial score (nSPS) is 23.5. The highest BCUT2D eigenvalue weighted by atomic mass is 32.1. The van der Waals surface area contributed by atoms with Gasteiger partial charge in [-0.3, -0.25) is 4.79 Å². The third-order valence-corrected chi connectivity index (χ3v) is 4.69. The van der Waals surface area contributed by atoms with Gasteiger partial charge in [-0.2, -0.15) is 0 Å². The molecule has 0 aromatic carbocycles. The smallest absolute Gasteiger partial charge is 0.326 e. The monoisotopic (exact) mass is 296 g/mol. The van der Waals surface area contributed by atoms with E-state index >= 15 is 0 Å². The van der Waals surface area contributed by atoms with Crippen molar-refractivity contribution in [2.24, 2.45) is 5.92 Å². The molecule has 3 rings (SSSR count). The molecular formula is C13H16N2O4S. The zero-order chi connectivity index (χ0) is 14.1. The van der Waals surface area contributed by atoms with Crippen LogP contribution in [0.4, 0.5) is 0 Å². The van der Waals surface area contributed by atoms with E-state index in [0.717, 1.165) is 37.3 Å². The van der Waals surface area contributed by atoms with Crippen molar-refractivity contribution in [1.82, 2.24) is 10.3 Å². The lowest BCUT2D eigenvalue weighted by Crippen LogP contribution is -2.42. The van der Waals surface area contributed by atoms with Crippen molar-refractivity contribution in [2.45, 2.75) is 37.8 Å². The Morgan fingerprint density at radius 3 is 2.85 bits per heavy atom. The molecule has 0 spiro atoms. The van der Waals surface area contributed by atoms with Crippen LogP contribution in [-0.2, 0) is 9.53 Å². The van der Waals surface area contributed by atoms with Crippen LogP contribution >= 0.6 is 11.3 Å². The van der Waals surface area contributed by atoms with Gasteiger partial charge < -0.3 is 15.2 Å². The first-order valence-corrected chi connectivity index (χ1v) is 7.58. The van der Waals surface area contributed by atoms with Gasteiger partial charge in [-0.25, -0.2) is 9.78 Å². The number of aliphatic carboxylic acids is 1. The molecule has 0 radical (unpaired) electrons. The van der Waals surface area contributed by atoms with Crippen molar-refractivity contribution in [3.63, 3.8) is 0 Å². The number of thiazole rings is 1. The van der Waals surface area contributed by atoms with Crippen molar-refractivity contribution < 1.29 is 19.4 Å². The molecule has 2 atom stereocenters. The Kier molecular flexibility index (Phi) is 3.71. The minimum atomic E-state index is -0.968. The highest BCUT2D eigenvalue weighted by molar-refractivity contribution is 7.13. The molecule has 2 heterocycles. The van der Waals surface area contributed by atoms with Crippen LogP contribution in [0.3, 0.4) is 0 Å². The highest BCUT2D eigenvalue weighted by Crippen LogP contribution is 2.34. The average molecular weight is 296 g/mol. The lowest BCUT2D eigenvalue weighted by molar-refractivity contribution is -0.139. The molecule has 1 aromatic rings. The molecule has 2 unspecified atom stereocenters. The van der Waals surface area contributed by atoms with E-state index < -0.39 is 12.0 Å². The number of amides is 1. The Bertz CT molecular complexity index is 520. The summed E-state index contributed by atoms with van der Waals surface area (Å²) in [6, 6.07) is -0.782. The summed E-state index contributed by atoms with van der Waals surface area (Å²) in [5.74, 6) is -1.25. The van der Waals surface area contributed by atoms with Crippen LogP contribution in [0, 0.1) is 5.92 Å². The molecule has 20 heavy (non-hydrogen) atoms. The summed E-state index contributed by atoms with van der Waals surface area (Å²) in [5, 5.41) is 12.5. The van der Waals surface area contributed by atoms with E-state index in [1.807, 2.05) is 0 Å². The van der Waals surface area contributed by atoms with Gasteiger partial charge in [-0.1, -0.05) is 0 Å². The number of carboxylic acid groups (broad SMARTS) is 1. The van der Waals surface area contributed by atoms with Gasteiger partial charge >= 0.3 is 5.97 Å². The van der Waals surface area contributed by atoms with Crippen LogP contribution in [0.5, 0.6) is 0 Å². The summed E-state index contributed by atoms with van der Waals surface area (Å²) in [7, 11) is 0. The van der Waals surface area contributed by atoms with Crippen LogP contribution in [0.15, 0.2) is 6.20 Å².